The fourth-order valence-corrected chi connectivity index (χ4v) is 2.60. The first kappa shape index (κ1) is 10.1. The minimum atomic E-state index is 0.891. The van der Waals surface area contributed by atoms with E-state index in [0.29, 0.717) is 0 Å². The molecule has 0 N–H and O–H groups in total. The summed E-state index contributed by atoms with van der Waals surface area (Å²) in [4.78, 5) is 3.92. The summed E-state index contributed by atoms with van der Waals surface area (Å²) in [6.45, 7) is 9.46. The smallest absolute Gasteiger partial charge is 0.0594 e. The van der Waals surface area contributed by atoms with Crippen molar-refractivity contribution in [1.82, 2.24) is 4.90 Å². The van der Waals surface area contributed by atoms with E-state index in [9.17, 15) is 0 Å². The number of rotatable bonds is 2. The number of hydrogen-bond donors (Lipinski definition) is 0. The summed E-state index contributed by atoms with van der Waals surface area (Å²) in [5.74, 6) is 0. The van der Waals surface area contributed by atoms with Gasteiger partial charge in [-0.15, -0.1) is 11.3 Å². The number of hydrogen-bond acceptors (Lipinski definition) is 3. The molecule has 0 aromatic carbocycles. The van der Waals surface area contributed by atoms with Crippen LogP contribution >= 0.6 is 11.3 Å². The van der Waals surface area contributed by atoms with Crippen LogP contribution in [0.2, 0.25) is 0 Å². The molecular weight excluding hydrogens is 194 g/mol. The highest BCUT2D eigenvalue weighted by atomic mass is 32.1. The molecule has 0 amide bonds. The van der Waals surface area contributed by atoms with Gasteiger partial charge in [-0.25, -0.2) is 0 Å². The Morgan fingerprint density at radius 1 is 1.36 bits per heavy atom. The van der Waals surface area contributed by atoms with E-state index in [4.69, 9.17) is 4.74 Å². The lowest BCUT2D eigenvalue weighted by Crippen LogP contribution is -2.35. The van der Waals surface area contributed by atoms with Crippen LogP contribution in [-0.4, -0.2) is 31.2 Å². The highest BCUT2D eigenvalue weighted by Gasteiger charge is 2.12. The Bertz CT molecular complexity index is 302. The lowest BCUT2D eigenvalue weighted by Gasteiger charge is -2.26. The lowest BCUT2D eigenvalue weighted by atomic mass is 10.1. The monoisotopic (exact) mass is 211 g/mol. The average Bonchev–Trinajstić information content (AvgIpc) is 2.52. The molecular formula is C11H17NOS. The Morgan fingerprint density at radius 3 is 2.64 bits per heavy atom. The van der Waals surface area contributed by atoms with E-state index in [-0.39, 0.29) is 0 Å². The van der Waals surface area contributed by atoms with Crippen LogP contribution in [0.1, 0.15) is 16.0 Å². The van der Waals surface area contributed by atoms with Crippen LogP contribution in [0.25, 0.3) is 0 Å². The fourth-order valence-electron chi connectivity index (χ4n) is 1.72. The zero-order chi connectivity index (χ0) is 9.97. The summed E-state index contributed by atoms with van der Waals surface area (Å²) in [6, 6.07) is 0. The fraction of sp³-hybridized carbons (Fsp3) is 0.636. The van der Waals surface area contributed by atoms with Crippen molar-refractivity contribution in [2.24, 2.45) is 0 Å². The molecule has 2 nitrogen and oxygen atoms in total. The molecule has 1 aromatic heterocycles. The van der Waals surface area contributed by atoms with Crippen LogP contribution in [0.3, 0.4) is 0 Å². The molecule has 0 atom stereocenters. The zero-order valence-electron chi connectivity index (χ0n) is 8.88. The molecule has 2 heterocycles. The summed E-state index contributed by atoms with van der Waals surface area (Å²) in [6.07, 6.45) is 0. The van der Waals surface area contributed by atoms with Crippen molar-refractivity contribution in [2.75, 3.05) is 26.3 Å². The van der Waals surface area contributed by atoms with Crippen LogP contribution in [0, 0.1) is 13.8 Å². The molecule has 1 aliphatic rings. The largest absolute Gasteiger partial charge is 0.379 e. The molecule has 1 fully saturated rings. The quantitative estimate of drug-likeness (QED) is 0.743. The molecule has 78 valence electrons. The molecule has 2 rings (SSSR count). The summed E-state index contributed by atoms with van der Waals surface area (Å²) < 4.78 is 5.33. The van der Waals surface area contributed by atoms with Gasteiger partial charge in [-0.05, 0) is 30.4 Å². The number of aryl methyl sites for hydroxylation is 1. The van der Waals surface area contributed by atoms with Crippen molar-refractivity contribution in [3.63, 3.8) is 0 Å². The van der Waals surface area contributed by atoms with Gasteiger partial charge in [0.25, 0.3) is 0 Å². The maximum Gasteiger partial charge on any atom is 0.0594 e. The number of thiophene rings is 1. The first-order chi connectivity index (χ1) is 6.77. The van der Waals surface area contributed by atoms with E-state index in [1.807, 2.05) is 11.3 Å². The van der Waals surface area contributed by atoms with Gasteiger partial charge in [-0.2, -0.15) is 0 Å². The molecule has 0 aliphatic carbocycles. The summed E-state index contributed by atoms with van der Waals surface area (Å²) >= 11 is 1.86. The van der Waals surface area contributed by atoms with E-state index in [0.717, 1.165) is 32.8 Å². The molecule has 1 aliphatic heterocycles. The second-order valence-electron chi connectivity index (χ2n) is 3.83. The number of ether oxygens (including phenoxy) is 1. The van der Waals surface area contributed by atoms with Gasteiger partial charge in [0, 0.05) is 24.5 Å². The van der Waals surface area contributed by atoms with Gasteiger partial charge in [-0.1, -0.05) is 0 Å². The van der Waals surface area contributed by atoms with E-state index >= 15 is 0 Å². The lowest BCUT2D eigenvalue weighted by molar-refractivity contribution is 0.0341. The Morgan fingerprint density at radius 2 is 2.07 bits per heavy atom. The van der Waals surface area contributed by atoms with Crippen molar-refractivity contribution in [3.05, 3.63) is 21.4 Å². The van der Waals surface area contributed by atoms with E-state index in [2.05, 4.69) is 24.1 Å². The van der Waals surface area contributed by atoms with Gasteiger partial charge < -0.3 is 4.74 Å². The molecule has 1 saturated heterocycles. The minimum absolute atomic E-state index is 0.891. The molecule has 14 heavy (non-hydrogen) atoms. The third kappa shape index (κ3) is 2.16. The first-order valence-electron chi connectivity index (χ1n) is 5.11. The van der Waals surface area contributed by atoms with Crippen molar-refractivity contribution in [2.45, 2.75) is 20.4 Å². The van der Waals surface area contributed by atoms with Crippen molar-refractivity contribution in [3.8, 4) is 0 Å². The molecule has 0 saturated carbocycles. The summed E-state index contributed by atoms with van der Waals surface area (Å²) in [5, 5.41) is 2.29. The third-order valence-electron chi connectivity index (χ3n) is 2.89. The topological polar surface area (TPSA) is 12.5 Å². The summed E-state index contributed by atoms with van der Waals surface area (Å²) in [7, 11) is 0. The average molecular weight is 211 g/mol. The molecule has 0 bridgehead atoms. The SMILES string of the molecule is Cc1scc(CN2CCOCC2)c1C. The van der Waals surface area contributed by atoms with Gasteiger partial charge in [0.05, 0.1) is 13.2 Å². The van der Waals surface area contributed by atoms with Crippen molar-refractivity contribution >= 4 is 11.3 Å². The van der Waals surface area contributed by atoms with Crippen molar-refractivity contribution < 1.29 is 4.74 Å². The van der Waals surface area contributed by atoms with Crippen LogP contribution in [0.4, 0.5) is 0 Å². The first-order valence-corrected chi connectivity index (χ1v) is 5.99. The Balaban J connectivity index is 1.99. The highest BCUT2D eigenvalue weighted by molar-refractivity contribution is 7.10. The Hall–Kier alpha value is -0.380. The van der Waals surface area contributed by atoms with Gasteiger partial charge in [0.15, 0.2) is 0 Å². The van der Waals surface area contributed by atoms with Crippen molar-refractivity contribution in [1.29, 1.82) is 0 Å². The maximum atomic E-state index is 5.33. The Labute approximate surface area is 89.5 Å². The maximum absolute atomic E-state index is 5.33. The molecule has 0 unspecified atom stereocenters. The van der Waals surface area contributed by atoms with Gasteiger partial charge in [0.2, 0.25) is 0 Å². The van der Waals surface area contributed by atoms with Gasteiger partial charge in [0.1, 0.15) is 0 Å². The molecule has 0 radical (unpaired) electrons. The molecule has 3 heteroatoms. The second-order valence-corrected chi connectivity index (χ2v) is 4.91. The van der Waals surface area contributed by atoms with Crippen LogP contribution in [0.5, 0.6) is 0 Å². The van der Waals surface area contributed by atoms with Gasteiger partial charge >= 0.3 is 0 Å². The van der Waals surface area contributed by atoms with E-state index in [1.54, 1.807) is 0 Å². The third-order valence-corrected chi connectivity index (χ3v) is 3.95. The van der Waals surface area contributed by atoms with E-state index < -0.39 is 0 Å². The second kappa shape index (κ2) is 4.43. The molecule has 1 aromatic rings. The van der Waals surface area contributed by atoms with E-state index in [1.165, 1.54) is 16.0 Å². The van der Waals surface area contributed by atoms with Gasteiger partial charge in [-0.3, -0.25) is 4.90 Å². The normalized spacial score (nSPS) is 18.7. The molecule has 0 spiro atoms. The summed E-state index contributed by atoms with van der Waals surface area (Å²) in [5.41, 5.74) is 2.97. The minimum Gasteiger partial charge on any atom is -0.379 e. The standard InChI is InChI=1S/C11H17NOS/c1-9-10(2)14-8-11(9)7-12-3-5-13-6-4-12/h8H,3-7H2,1-2H3. The van der Waals surface area contributed by atoms with Crippen LogP contribution < -0.4 is 0 Å². The Kier molecular flexibility index (Phi) is 3.21. The predicted octanol–water partition coefficient (Wildman–Crippen LogP) is 2.20. The predicted molar refractivity (Wildman–Crippen MR) is 59.9 cm³/mol. The number of morpholine rings is 1. The number of nitrogens with zero attached hydrogens (tertiary/aromatic N) is 1. The highest BCUT2D eigenvalue weighted by Crippen LogP contribution is 2.22. The zero-order valence-corrected chi connectivity index (χ0v) is 9.69. The van der Waals surface area contributed by atoms with Crippen LogP contribution in [-0.2, 0) is 11.3 Å². The van der Waals surface area contributed by atoms with Crippen LogP contribution in [0.15, 0.2) is 5.38 Å².